The number of amides is 1. The molecule has 2 fully saturated rings. The van der Waals surface area contributed by atoms with E-state index in [2.05, 4.69) is 35.2 Å². The highest BCUT2D eigenvalue weighted by atomic mass is 16.2. The summed E-state index contributed by atoms with van der Waals surface area (Å²) < 4.78 is 0. The van der Waals surface area contributed by atoms with Gasteiger partial charge >= 0.3 is 0 Å². The summed E-state index contributed by atoms with van der Waals surface area (Å²) in [6.45, 7) is 6.86. The number of rotatable bonds is 4. The SMILES string of the molecule is Cc1cc(C2CCC2)nc(N[C@H]2CC(=O)N(C(C)C)C2)n1. The maximum atomic E-state index is 12.0. The van der Waals surface area contributed by atoms with Gasteiger partial charge in [0.05, 0.1) is 6.04 Å². The second-order valence-electron chi connectivity index (χ2n) is 6.57. The van der Waals surface area contributed by atoms with Gasteiger partial charge in [0.25, 0.3) is 0 Å². The quantitative estimate of drug-likeness (QED) is 0.924. The number of likely N-dealkylation sites (tertiary alicyclic amines) is 1. The van der Waals surface area contributed by atoms with Crippen molar-refractivity contribution in [2.75, 3.05) is 11.9 Å². The highest BCUT2D eigenvalue weighted by molar-refractivity contribution is 5.80. The molecule has 1 saturated carbocycles. The lowest BCUT2D eigenvalue weighted by Crippen LogP contribution is -2.34. The van der Waals surface area contributed by atoms with Crippen LogP contribution in [0.3, 0.4) is 0 Å². The van der Waals surface area contributed by atoms with E-state index in [1.807, 2.05) is 11.8 Å². The molecule has 2 aliphatic rings. The number of carbonyl (C=O) groups is 1. The van der Waals surface area contributed by atoms with Crippen LogP contribution in [0.5, 0.6) is 0 Å². The highest BCUT2D eigenvalue weighted by Gasteiger charge is 2.31. The van der Waals surface area contributed by atoms with Gasteiger partial charge < -0.3 is 10.2 Å². The number of aromatic nitrogens is 2. The Morgan fingerprint density at radius 2 is 2.10 bits per heavy atom. The maximum Gasteiger partial charge on any atom is 0.225 e. The lowest BCUT2D eigenvalue weighted by Gasteiger charge is -2.25. The number of aryl methyl sites for hydroxylation is 1. The molecule has 0 radical (unpaired) electrons. The van der Waals surface area contributed by atoms with Gasteiger partial charge in [-0.15, -0.1) is 0 Å². The molecule has 0 bridgehead atoms. The first-order chi connectivity index (χ1) is 10.0. The average Bonchev–Trinajstić information content (AvgIpc) is 2.67. The number of hydrogen-bond donors (Lipinski definition) is 1. The van der Waals surface area contributed by atoms with Crippen LogP contribution < -0.4 is 5.32 Å². The predicted octanol–water partition coefficient (Wildman–Crippen LogP) is 2.47. The summed E-state index contributed by atoms with van der Waals surface area (Å²) in [7, 11) is 0. The van der Waals surface area contributed by atoms with Gasteiger partial charge in [0.1, 0.15) is 0 Å². The Morgan fingerprint density at radius 1 is 1.33 bits per heavy atom. The molecule has 1 aromatic rings. The van der Waals surface area contributed by atoms with Crippen molar-refractivity contribution in [1.82, 2.24) is 14.9 Å². The van der Waals surface area contributed by atoms with E-state index in [0.29, 0.717) is 18.3 Å². The smallest absolute Gasteiger partial charge is 0.225 e. The normalized spacial score (nSPS) is 22.8. The van der Waals surface area contributed by atoms with Gasteiger partial charge in [0, 0.05) is 36.3 Å². The molecule has 0 spiro atoms. The van der Waals surface area contributed by atoms with Gasteiger partial charge in [0.2, 0.25) is 11.9 Å². The van der Waals surface area contributed by atoms with Crippen molar-refractivity contribution in [3.05, 3.63) is 17.5 Å². The maximum absolute atomic E-state index is 12.0. The summed E-state index contributed by atoms with van der Waals surface area (Å²) in [6.07, 6.45) is 4.31. The largest absolute Gasteiger partial charge is 0.349 e. The molecule has 1 atom stereocenters. The molecule has 1 amide bonds. The van der Waals surface area contributed by atoms with Crippen molar-refractivity contribution in [1.29, 1.82) is 0 Å². The Labute approximate surface area is 126 Å². The molecule has 0 aromatic carbocycles. The third-order valence-electron chi connectivity index (χ3n) is 4.51. The first-order valence-corrected chi connectivity index (χ1v) is 7.94. The van der Waals surface area contributed by atoms with E-state index in [9.17, 15) is 4.79 Å². The van der Waals surface area contributed by atoms with Crippen molar-refractivity contribution in [2.45, 2.75) is 64.5 Å². The number of hydrogen-bond acceptors (Lipinski definition) is 4. The first kappa shape index (κ1) is 14.3. The second-order valence-corrected chi connectivity index (χ2v) is 6.57. The van der Waals surface area contributed by atoms with Gasteiger partial charge in [-0.3, -0.25) is 4.79 Å². The predicted molar refractivity (Wildman–Crippen MR) is 82.2 cm³/mol. The summed E-state index contributed by atoms with van der Waals surface area (Å²) in [5.74, 6) is 1.50. The Bertz CT molecular complexity index is 539. The molecule has 0 unspecified atom stereocenters. The second kappa shape index (κ2) is 5.62. The summed E-state index contributed by atoms with van der Waals surface area (Å²) in [5, 5.41) is 3.36. The fourth-order valence-electron chi connectivity index (χ4n) is 3.08. The van der Waals surface area contributed by atoms with Crippen molar-refractivity contribution in [2.24, 2.45) is 0 Å². The molecule has 5 nitrogen and oxygen atoms in total. The Balaban J connectivity index is 1.70. The fourth-order valence-corrected chi connectivity index (χ4v) is 3.08. The molecule has 21 heavy (non-hydrogen) atoms. The summed E-state index contributed by atoms with van der Waals surface area (Å²) >= 11 is 0. The topological polar surface area (TPSA) is 58.1 Å². The van der Waals surface area contributed by atoms with Crippen LogP contribution in [0.1, 0.15) is 56.8 Å². The van der Waals surface area contributed by atoms with Crippen molar-refractivity contribution >= 4 is 11.9 Å². The van der Waals surface area contributed by atoms with E-state index in [1.54, 1.807) is 0 Å². The van der Waals surface area contributed by atoms with Gasteiger partial charge in [-0.2, -0.15) is 0 Å². The molecular formula is C16H24N4O. The van der Waals surface area contributed by atoms with Crippen LogP contribution >= 0.6 is 0 Å². The van der Waals surface area contributed by atoms with Crippen molar-refractivity contribution in [3.63, 3.8) is 0 Å². The van der Waals surface area contributed by atoms with E-state index in [4.69, 9.17) is 0 Å². The van der Waals surface area contributed by atoms with Crippen LogP contribution in [0.4, 0.5) is 5.95 Å². The third kappa shape index (κ3) is 3.01. The molecular weight excluding hydrogens is 264 g/mol. The summed E-state index contributed by atoms with van der Waals surface area (Å²) in [4.78, 5) is 23.0. The minimum atomic E-state index is 0.121. The number of carbonyl (C=O) groups excluding carboxylic acids is 1. The average molecular weight is 288 g/mol. The Hall–Kier alpha value is -1.65. The number of nitrogens with zero attached hydrogens (tertiary/aromatic N) is 3. The minimum Gasteiger partial charge on any atom is -0.349 e. The van der Waals surface area contributed by atoms with E-state index in [0.717, 1.165) is 17.9 Å². The van der Waals surface area contributed by atoms with Gasteiger partial charge in [-0.25, -0.2) is 9.97 Å². The molecule has 2 heterocycles. The van der Waals surface area contributed by atoms with Crippen LogP contribution in [0.2, 0.25) is 0 Å². The van der Waals surface area contributed by atoms with Gasteiger partial charge in [-0.1, -0.05) is 6.42 Å². The molecule has 1 aliphatic carbocycles. The van der Waals surface area contributed by atoms with Gasteiger partial charge in [-0.05, 0) is 39.7 Å². The van der Waals surface area contributed by atoms with E-state index >= 15 is 0 Å². The summed E-state index contributed by atoms with van der Waals surface area (Å²) in [6, 6.07) is 2.47. The lowest BCUT2D eigenvalue weighted by atomic mass is 9.83. The summed E-state index contributed by atoms with van der Waals surface area (Å²) in [5.41, 5.74) is 2.15. The van der Waals surface area contributed by atoms with Crippen molar-refractivity contribution in [3.8, 4) is 0 Å². The zero-order valence-electron chi connectivity index (χ0n) is 13.1. The Kier molecular flexibility index (Phi) is 3.83. The number of nitrogens with one attached hydrogen (secondary N) is 1. The monoisotopic (exact) mass is 288 g/mol. The highest BCUT2D eigenvalue weighted by Crippen LogP contribution is 2.35. The van der Waals surface area contributed by atoms with Crippen LogP contribution in [0.15, 0.2) is 6.07 Å². The van der Waals surface area contributed by atoms with Crippen molar-refractivity contribution < 1.29 is 4.79 Å². The molecule has 1 aromatic heterocycles. The standard InChI is InChI=1S/C16H24N4O/c1-10(2)20-9-13(8-15(20)21)18-16-17-11(3)7-14(19-16)12-5-4-6-12/h7,10,12-13H,4-6,8-9H2,1-3H3,(H,17,18,19)/t13-/m0/s1. The van der Waals surface area contributed by atoms with Gasteiger partial charge in [0.15, 0.2) is 0 Å². The van der Waals surface area contributed by atoms with E-state index in [1.165, 1.54) is 19.3 Å². The van der Waals surface area contributed by atoms with E-state index in [-0.39, 0.29) is 18.0 Å². The zero-order chi connectivity index (χ0) is 15.0. The van der Waals surface area contributed by atoms with Crippen LogP contribution in [-0.2, 0) is 4.79 Å². The van der Waals surface area contributed by atoms with E-state index < -0.39 is 0 Å². The molecule has 1 aliphatic heterocycles. The number of anilines is 1. The first-order valence-electron chi connectivity index (χ1n) is 7.94. The van der Waals surface area contributed by atoms with Crippen LogP contribution in [-0.4, -0.2) is 39.4 Å². The molecule has 3 rings (SSSR count). The molecule has 1 saturated heterocycles. The third-order valence-corrected chi connectivity index (χ3v) is 4.51. The molecule has 114 valence electrons. The fraction of sp³-hybridized carbons (Fsp3) is 0.688. The Morgan fingerprint density at radius 3 is 2.67 bits per heavy atom. The minimum absolute atomic E-state index is 0.121. The van der Waals surface area contributed by atoms with Crippen LogP contribution in [0.25, 0.3) is 0 Å². The van der Waals surface area contributed by atoms with Crippen LogP contribution in [0, 0.1) is 6.92 Å². The molecule has 1 N–H and O–H groups in total. The molecule has 5 heteroatoms. The zero-order valence-corrected chi connectivity index (χ0v) is 13.1. The lowest BCUT2D eigenvalue weighted by molar-refractivity contribution is -0.129.